The molecule has 0 aliphatic carbocycles. The summed E-state index contributed by atoms with van der Waals surface area (Å²) < 4.78 is 13.1. The number of likely N-dealkylation sites (N-methyl/N-ethyl adjacent to an activating group) is 1. The molecule has 1 fully saturated rings. The second-order valence-corrected chi connectivity index (χ2v) is 7.35. The lowest BCUT2D eigenvalue weighted by molar-refractivity contribution is 0.260. The Kier molecular flexibility index (Phi) is 10.2. The molecule has 1 aromatic heterocycles. The first kappa shape index (κ1) is 25.9. The summed E-state index contributed by atoms with van der Waals surface area (Å²) in [6.45, 7) is 6.35. The maximum Gasteiger partial charge on any atom is 0.346 e. The van der Waals surface area contributed by atoms with Crippen LogP contribution in [-0.4, -0.2) is 57.9 Å². The molecule has 2 aromatic carbocycles. The van der Waals surface area contributed by atoms with Crippen LogP contribution in [0.15, 0.2) is 48.5 Å². The molecule has 1 atom stereocenters. The van der Waals surface area contributed by atoms with E-state index in [1.165, 1.54) is 19.4 Å². The number of aromatic nitrogens is 4. The fourth-order valence-electron chi connectivity index (χ4n) is 3.90. The summed E-state index contributed by atoms with van der Waals surface area (Å²) in [7, 11) is 1.64. The zero-order chi connectivity index (χ0) is 20.8. The molecule has 0 radical (unpaired) electrons. The van der Waals surface area contributed by atoms with Crippen molar-refractivity contribution in [1.82, 2.24) is 30.4 Å². The summed E-state index contributed by atoms with van der Waals surface area (Å²) >= 11 is 0. The second-order valence-electron chi connectivity index (χ2n) is 7.35. The summed E-state index contributed by atoms with van der Waals surface area (Å²) in [5.74, 6) is 1.22. The number of methoxy groups -OCH3 is 1. The van der Waals surface area contributed by atoms with Gasteiger partial charge in [0, 0.05) is 19.1 Å². The van der Waals surface area contributed by atoms with E-state index in [1.807, 2.05) is 48.5 Å². The monoisotopic (exact) mass is 480 g/mol. The molecule has 1 aliphatic heterocycles. The van der Waals surface area contributed by atoms with Crippen LogP contribution in [0.5, 0.6) is 17.5 Å². The largest absolute Gasteiger partial charge is 0.493 e. The zero-order valence-corrected chi connectivity index (χ0v) is 19.9. The van der Waals surface area contributed by atoms with E-state index in [4.69, 9.17) is 9.47 Å². The molecule has 174 valence electrons. The van der Waals surface area contributed by atoms with Crippen LogP contribution >= 0.6 is 24.8 Å². The van der Waals surface area contributed by atoms with Gasteiger partial charge in [-0.25, -0.2) is 0 Å². The van der Waals surface area contributed by atoms with E-state index in [0.29, 0.717) is 17.5 Å². The summed E-state index contributed by atoms with van der Waals surface area (Å²) in [5.41, 5.74) is 1.97. The van der Waals surface area contributed by atoms with Gasteiger partial charge in [0.25, 0.3) is 0 Å². The number of halogens is 2. The third-order valence-corrected chi connectivity index (χ3v) is 5.49. The molecule has 10 heteroatoms. The Morgan fingerprint density at radius 3 is 2.66 bits per heavy atom. The predicted molar refractivity (Wildman–Crippen MR) is 129 cm³/mol. The molecule has 3 aromatic rings. The van der Waals surface area contributed by atoms with Gasteiger partial charge in [0.05, 0.1) is 12.8 Å². The van der Waals surface area contributed by atoms with Gasteiger partial charge in [-0.3, -0.25) is 4.90 Å². The quantitative estimate of drug-likeness (QED) is 0.497. The fourth-order valence-corrected chi connectivity index (χ4v) is 3.90. The smallest absolute Gasteiger partial charge is 0.346 e. The summed E-state index contributed by atoms with van der Waals surface area (Å²) in [6.07, 6.45) is 2.57. The van der Waals surface area contributed by atoms with Crippen molar-refractivity contribution in [3.63, 3.8) is 0 Å². The highest BCUT2D eigenvalue weighted by molar-refractivity contribution is 5.85. The molecule has 32 heavy (non-hydrogen) atoms. The molecule has 0 saturated carbocycles. The van der Waals surface area contributed by atoms with Crippen LogP contribution in [0, 0.1) is 0 Å². The molecule has 4 rings (SSSR count). The number of hydrogen-bond donors (Lipinski definition) is 1. The third-order valence-electron chi connectivity index (χ3n) is 5.49. The molecule has 1 unspecified atom stereocenters. The first-order valence-corrected chi connectivity index (χ1v) is 10.4. The van der Waals surface area contributed by atoms with Crippen molar-refractivity contribution in [2.24, 2.45) is 0 Å². The molecule has 1 saturated heterocycles. The number of ether oxygens (including phenoxy) is 2. The standard InChI is InChI=1S/C22H28N6O2.2ClH/c1-3-27-13-7-10-19(27)16-23-15-17-11-12-20(21(14-17)29-2)30-22-24-25-26-28(22)18-8-5-4-6-9-18;;/h4-6,8-9,11-12,14,19,23H,3,7,10,13,15-16H2,1-2H3;2*1H. The molecule has 2 heterocycles. The Balaban J connectivity index is 0.00000181. The van der Waals surface area contributed by atoms with Crippen LogP contribution in [-0.2, 0) is 6.54 Å². The number of hydrogen-bond acceptors (Lipinski definition) is 7. The number of rotatable bonds is 9. The Morgan fingerprint density at radius 1 is 1.09 bits per heavy atom. The molecule has 0 spiro atoms. The molecule has 0 bridgehead atoms. The van der Waals surface area contributed by atoms with Gasteiger partial charge in [-0.2, -0.15) is 4.68 Å². The average molecular weight is 481 g/mol. The third kappa shape index (κ3) is 6.10. The van der Waals surface area contributed by atoms with Crippen LogP contribution < -0.4 is 14.8 Å². The number of benzene rings is 2. The van der Waals surface area contributed by atoms with Gasteiger partial charge in [-0.15, -0.1) is 24.8 Å². The van der Waals surface area contributed by atoms with E-state index < -0.39 is 0 Å². The van der Waals surface area contributed by atoms with Gasteiger partial charge in [0.1, 0.15) is 0 Å². The molecular formula is C22H30Cl2N6O2. The van der Waals surface area contributed by atoms with E-state index in [2.05, 4.69) is 32.7 Å². The van der Waals surface area contributed by atoms with E-state index in [0.717, 1.165) is 30.9 Å². The molecule has 1 N–H and O–H groups in total. The second kappa shape index (κ2) is 12.6. The lowest BCUT2D eigenvalue weighted by Gasteiger charge is -2.23. The minimum absolute atomic E-state index is 0. The van der Waals surface area contributed by atoms with Gasteiger partial charge in [0.2, 0.25) is 0 Å². The highest BCUT2D eigenvalue weighted by atomic mass is 35.5. The van der Waals surface area contributed by atoms with Crippen molar-refractivity contribution in [3.05, 3.63) is 54.1 Å². The van der Waals surface area contributed by atoms with Gasteiger partial charge >= 0.3 is 6.01 Å². The predicted octanol–water partition coefficient (Wildman–Crippen LogP) is 3.88. The number of para-hydroxylation sites is 1. The molecule has 0 amide bonds. The lowest BCUT2D eigenvalue weighted by Crippen LogP contribution is -2.37. The highest BCUT2D eigenvalue weighted by Gasteiger charge is 2.22. The molecule has 1 aliphatic rings. The minimum Gasteiger partial charge on any atom is -0.493 e. The summed E-state index contributed by atoms with van der Waals surface area (Å²) in [4.78, 5) is 2.54. The number of tetrazole rings is 1. The minimum atomic E-state index is 0. The van der Waals surface area contributed by atoms with E-state index in [-0.39, 0.29) is 30.8 Å². The van der Waals surface area contributed by atoms with E-state index in [9.17, 15) is 0 Å². The Bertz CT molecular complexity index is 957. The van der Waals surface area contributed by atoms with Crippen molar-refractivity contribution in [2.45, 2.75) is 32.4 Å². The van der Waals surface area contributed by atoms with Gasteiger partial charge in [-0.1, -0.05) is 36.3 Å². The first-order valence-electron chi connectivity index (χ1n) is 10.4. The van der Waals surface area contributed by atoms with Crippen molar-refractivity contribution in [1.29, 1.82) is 0 Å². The Morgan fingerprint density at radius 2 is 1.91 bits per heavy atom. The van der Waals surface area contributed by atoms with Crippen LogP contribution in [0.25, 0.3) is 5.69 Å². The Labute approximate surface area is 201 Å². The maximum atomic E-state index is 5.97. The van der Waals surface area contributed by atoms with Gasteiger partial charge in [-0.05, 0) is 66.2 Å². The lowest BCUT2D eigenvalue weighted by atomic mass is 10.2. The fraction of sp³-hybridized carbons (Fsp3) is 0.409. The van der Waals surface area contributed by atoms with Crippen molar-refractivity contribution in [2.75, 3.05) is 26.7 Å². The SMILES string of the molecule is CCN1CCCC1CNCc1ccc(Oc2nnnn2-c2ccccc2)c(OC)c1.Cl.Cl. The highest BCUT2D eigenvalue weighted by Crippen LogP contribution is 2.32. The number of likely N-dealkylation sites (tertiary alicyclic amines) is 1. The van der Waals surface area contributed by atoms with Gasteiger partial charge < -0.3 is 14.8 Å². The Hall–Kier alpha value is -2.39. The maximum absolute atomic E-state index is 5.97. The average Bonchev–Trinajstić information content (AvgIpc) is 3.44. The van der Waals surface area contributed by atoms with Crippen molar-refractivity contribution >= 4 is 24.8 Å². The van der Waals surface area contributed by atoms with Crippen molar-refractivity contribution < 1.29 is 9.47 Å². The van der Waals surface area contributed by atoms with Crippen molar-refractivity contribution in [3.8, 4) is 23.2 Å². The normalized spacial score (nSPS) is 15.6. The molecule has 8 nitrogen and oxygen atoms in total. The van der Waals surface area contributed by atoms with Crippen LogP contribution in [0.3, 0.4) is 0 Å². The summed E-state index contributed by atoms with van der Waals surface area (Å²) in [6, 6.07) is 16.5. The first-order chi connectivity index (χ1) is 14.8. The zero-order valence-electron chi connectivity index (χ0n) is 18.3. The van der Waals surface area contributed by atoms with Crippen LogP contribution in [0.1, 0.15) is 25.3 Å². The summed E-state index contributed by atoms with van der Waals surface area (Å²) in [5, 5.41) is 15.3. The van der Waals surface area contributed by atoms with E-state index in [1.54, 1.807) is 11.8 Å². The van der Waals surface area contributed by atoms with Crippen LogP contribution in [0.2, 0.25) is 0 Å². The van der Waals surface area contributed by atoms with Gasteiger partial charge in [0.15, 0.2) is 11.5 Å². The topological polar surface area (TPSA) is 77.3 Å². The van der Waals surface area contributed by atoms with Crippen LogP contribution in [0.4, 0.5) is 0 Å². The molecular weight excluding hydrogens is 451 g/mol. The number of nitrogens with one attached hydrogen (secondary N) is 1. The number of nitrogens with zero attached hydrogens (tertiary/aromatic N) is 5. The van der Waals surface area contributed by atoms with E-state index >= 15 is 0 Å².